The zero-order valence-corrected chi connectivity index (χ0v) is 15.3. The minimum Gasteiger partial charge on any atom is -0.454 e. The van der Waals surface area contributed by atoms with Crippen molar-refractivity contribution in [3.8, 4) is 11.5 Å². The average Bonchev–Trinajstić information content (AvgIpc) is 3.16. The second-order valence-electron chi connectivity index (χ2n) is 6.12. The summed E-state index contributed by atoms with van der Waals surface area (Å²) < 4.78 is 10.6. The van der Waals surface area contributed by atoms with Gasteiger partial charge in [0.05, 0.1) is 11.4 Å². The number of hydrogen-bond acceptors (Lipinski definition) is 5. The number of carbonyl (C=O) groups excluding carboxylic acids is 2. The fourth-order valence-electron chi connectivity index (χ4n) is 2.92. The molecule has 27 heavy (non-hydrogen) atoms. The summed E-state index contributed by atoms with van der Waals surface area (Å²) in [4.78, 5) is 26.4. The quantitative estimate of drug-likeness (QED) is 0.861. The van der Waals surface area contributed by atoms with Crippen molar-refractivity contribution in [2.24, 2.45) is 0 Å². The predicted molar refractivity (Wildman–Crippen MR) is 103 cm³/mol. The standard InChI is InChI=1S/C20H18N2O4S/c23-19(21-9-14-6-7-17-18(8-14)26-13-25-17)10-22-16(11-27-12-20(22)24)15-4-2-1-3-5-15/h1-8,11H,9-10,12-13H2,(H,21,23). The third kappa shape index (κ3) is 3.93. The fraction of sp³-hybridized carbons (Fsp3) is 0.200. The van der Waals surface area contributed by atoms with E-state index in [1.54, 1.807) is 4.90 Å². The zero-order chi connectivity index (χ0) is 18.6. The molecule has 0 atom stereocenters. The minimum atomic E-state index is -0.213. The van der Waals surface area contributed by atoms with E-state index in [0.717, 1.165) is 16.8 Å². The summed E-state index contributed by atoms with van der Waals surface area (Å²) >= 11 is 1.45. The van der Waals surface area contributed by atoms with E-state index >= 15 is 0 Å². The molecule has 4 rings (SSSR count). The van der Waals surface area contributed by atoms with Gasteiger partial charge in [-0.2, -0.15) is 0 Å². The summed E-state index contributed by atoms with van der Waals surface area (Å²) in [5, 5.41) is 4.80. The first-order chi connectivity index (χ1) is 13.2. The number of nitrogens with one attached hydrogen (secondary N) is 1. The normalized spacial score (nSPS) is 15.5. The van der Waals surface area contributed by atoms with Crippen molar-refractivity contribution in [2.45, 2.75) is 6.54 Å². The average molecular weight is 382 g/mol. The van der Waals surface area contributed by atoms with Gasteiger partial charge in [0.15, 0.2) is 11.5 Å². The molecule has 7 heteroatoms. The van der Waals surface area contributed by atoms with Gasteiger partial charge in [0.1, 0.15) is 6.54 Å². The number of ether oxygens (including phenoxy) is 2. The van der Waals surface area contributed by atoms with E-state index in [9.17, 15) is 9.59 Å². The van der Waals surface area contributed by atoms with E-state index in [2.05, 4.69) is 5.32 Å². The van der Waals surface area contributed by atoms with Gasteiger partial charge in [-0.3, -0.25) is 9.59 Å². The monoisotopic (exact) mass is 382 g/mol. The molecule has 0 aliphatic carbocycles. The summed E-state index contributed by atoms with van der Waals surface area (Å²) in [6.07, 6.45) is 0. The molecule has 6 nitrogen and oxygen atoms in total. The molecule has 2 aliphatic rings. The molecule has 1 N–H and O–H groups in total. The van der Waals surface area contributed by atoms with Crippen LogP contribution in [-0.4, -0.2) is 35.8 Å². The van der Waals surface area contributed by atoms with Crippen LogP contribution in [0.15, 0.2) is 53.9 Å². The van der Waals surface area contributed by atoms with Crippen LogP contribution in [0.2, 0.25) is 0 Å². The smallest absolute Gasteiger partial charge is 0.240 e. The highest BCUT2D eigenvalue weighted by atomic mass is 32.2. The Kier molecular flexibility index (Phi) is 5.02. The number of thioether (sulfide) groups is 1. The minimum absolute atomic E-state index is 0.00925. The Morgan fingerprint density at radius 1 is 1.11 bits per heavy atom. The molecule has 2 amide bonds. The molecule has 2 aromatic rings. The Hall–Kier alpha value is -2.93. The maximum atomic E-state index is 12.4. The molecule has 2 heterocycles. The van der Waals surface area contributed by atoms with E-state index in [-0.39, 0.29) is 25.2 Å². The number of hydrogen-bond donors (Lipinski definition) is 1. The van der Waals surface area contributed by atoms with Crippen molar-refractivity contribution < 1.29 is 19.1 Å². The van der Waals surface area contributed by atoms with E-state index in [1.807, 2.05) is 53.9 Å². The molecule has 0 radical (unpaired) electrons. The molecule has 0 aromatic heterocycles. The van der Waals surface area contributed by atoms with Crippen LogP contribution in [-0.2, 0) is 16.1 Å². The largest absolute Gasteiger partial charge is 0.454 e. The summed E-state index contributed by atoms with van der Waals surface area (Å²) in [6, 6.07) is 15.2. The van der Waals surface area contributed by atoms with Crippen LogP contribution >= 0.6 is 11.8 Å². The van der Waals surface area contributed by atoms with Crippen LogP contribution in [0.5, 0.6) is 11.5 Å². The first-order valence-corrected chi connectivity index (χ1v) is 9.58. The summed E-state index contributed by atoms with van der Waals surface area (Å²) in [5.41, 5.74) is 2.59. The Balaban J connectivity index is 1.41. The molecule has 0 saturated heterocycles. The van der Waals surface area contributed by atoms with Gasteiger partial charge in [0.25, 0.3) is 0 Å². The number of fused-ring (bicyclic) bond motifs is 1. The van der Waals surface area contributed by atoms with Gasteiger partial charge >= 0.3 is 0 Å². The first kappa shape index (κ1) is 17.5. The topological polar surface area (TPSA) is 67.9 Å². The third-order valence-corrected chi connectivity index (χ3v) is 5.10. The summed E-state index contributed by atoms with van der Waals surface area (Å²) in [6.45, 7) is 0.566. The van der Waals surface area contributed by atoms with Crippen molar-refractivity contribution in [2.75, 3.05) is 19.1 Å². The number of carbonyl (C=O) groups is 2. The number of benzene rings is 2. The SMILES string of the molecule is O=C(CN1C(=O)CSC=C1c1ccccc1)NCc1ccc2c(c1)OCO2. The van der Waals surface area contributed by atoms with Crippen LogP contribution in [0.25, 0.3) is 5.70 Å². The van der Waals surface area contributed by atoms with E-state index in [1.165, 1.54) is 11.8 Å². The second kappa shape index (κ2) is 7.75. The van der Waals surface area contributed by atoms with E-state index in [0.29, 0.717) is 23.8 Å². The van der Waals surface area contributed by atoms with Crippen molar-refractivity contribution in [1.29, 1.82) is 0 Å². The molecule has 138 valence electrons. The van der Waals surface area contributed by atoms with Crippen molar-refractivity contribution in [3.63, 3.8) is 0 Å². The van der Waals surface area contributed by atoms with Crippen molar-refractivity contribution >= 4 is 29.3 Å². The molecule has 2 aliphatic heterocycles. The fourth-order valence-corrected chi connectivity index (χ4v) is 3.73. The van der Waals surface area contributed by atoms with Crippen molar-refractivity contribution in [1.82, 2.24) is 10.2 Å². The Morgan fingerprint density at radius 2 is 1.93 bits per heavy atom. The highest BCUT2D eigenvalue weighted by molar-refractivity contribution is 8.03. The highest BCUT2D eigenvalue weighted by Crippen LogP contribution is 2.32. The van der Waals surface area contributed by atoms with Crippen LogP contribution in [0, 0.1) is 0 Å². The molecule has 0 fully saturated rings. The molecule has 0 bridgehead atoms. The summed E-state index contributed by atoms with van der Waals surface area (Å²) in [7, 11) is 0. The molecular weight excluding hydrogens is 364 g/mol. The van der Waals surface area contributed by atoms with Gasteiger partial charge in [0.2, 0.25) is 18.6 Å². The first-order valence-electron chi connectivity index (χ1n) is 8.53. The Bertz CT molecular complexity index is 898. The van der Waals surface area contributed by atoms with Gasteiger partial charge in [-0.15, -0.1) is 11.8 Å². The van der Waals surface area contributed by atoms with Crippen LogP contribution in [0.4, 0.5) is 0 Å². The maximum absolute atomic E-state index is 12.4. The van der Waals surface area contributed by atoms with E-state index in [4.69, 9.17) is 9.47 Å². The lowest BCUT2D eigenvalue weighted by molar-refractivity contribution is -0.131. The molecule has 0 spiro atoms. The molecule has 0 unspecified atom stereocenters. The third-order valence-electron chi connectivity index (χ3n) is 4.29. The Labute approximate surface area is 161 Å². The van der Waals surface area contributed by atoms with Gasteiger partial charge in [-0.05, 0) is 28.7 Å². The highest BCUT2D eigenvalue weighted by Gasteiger charge is 2.25. The molecular formula is C20H18N2O4S. The number of nitrogens with zero attached hydrogens (tertiary/aromatic N) is 1. The molecule has 0 saturated carbocycles. The van der Waals surface area contributed by atoms with Crippen LogP contribution in [0.1, 0.15) is 11.1 Å². The van der Waals surface area contributed by atoms with Gasteiger partial charge in [-0.25, -0.2) is 0 Å². The lowest BCUT2D eigenvalue weighted by Crippen LogP contribution is -2.41. The maximum Gasteiger partial charge on any atom is 0.240 e. The lowest BCUT2D eigenvalue weighted by Gasteiger charge is -2.28. The van der Waals surface area contributed by atoms with Gasteiger partial charge < -0.3 is 19.7 Å². The molecule has 2 aromatic carbocycles. The van der Waals surface area contributed by atoms with Crippen molar-refractivity contribution in [3.05, 3.63) is 65.1 Å². The zero-order valence-electron chi connectivity index (χ0n) is 14.5. The number of amides is 2. The lowest BCUT2D eigenvalue weighted by atomic mass is 10.1. The van der Waals surface area contributed by atoms with Crippen LogP contribution in [0.3, 0.4) is 0 Å². The predicted octanol–water partition coefficient (Wildman–Crippen LogP) is 2.61. The van der Waals surface area contributed by atoms with Gasteiger partial charge in [0, 0.05) is 6.54 Å². The Morgan fingerprint density at radius 3 is 2.78 bits per heavy atom. The number of rotatable bonds is 5. The van der Waals surface area contributed by atoms with Gasteiger partial charge in [-0.1, -0.05) is 36.4 Å². The summed E-state index contributed by atoms with van der Waals surface area (Å²) in [5.74, 6) is 1.44. The van der Waals surface area contributed by atoms with E-state index < -0.39 is 0 Å². The van der Waals surface area contributed by atoms with Crippen LogP contribution < -0.4 is 14.8 Å². The second-order valence-corrected chi connectivity index (χ2v) is 6.98.